The van der Waals surface area contributed by atoms with Crippen LogP contribution in [-0.4, -0.2) is 32.8 Å². The van der Waals surface area contributed by atoms with Gasteiger partial charge in [0.25, 0.3) is 0 Å². The molecule has 3 N–H and O–H groups in total. The lowest BCUT2D eigenvalue weighted by molar-refractivity contribution is -0.121. The Morgan fingerprint density at radius 2 is 2.16 bits per heavy atom. The van der Waals surface area contributed by atoms with Crippen molar-refractivity contribution < 1.29 is 14.3 Å². The van der Waals surface area contributed by atoms with Crippen molar-refractivity contribution in [2.24, 2.45) is 5.92 Å². The third-order valence-electron chi connectivity index (χ3n) is 2.60. The molecule has 0 aromatic heterocycles. The standard InChI is InChI=1S/C14H22N2O3/c1-11(10-18-2)9-16-14(17)7-8-19-13-6-4-3-5-12(13)15/h3-6,11H,7-10,15H2,1-2H3,(H,16,17). The molecule has 1 amide bonds. The third-order valence-corrected chi connectivity index (χ3v) is 2.60. The first kappa shape index (κ1) is 15.3. The Hall–Kier alpha value is -1.75. The van der Waals surface area contributed by atoms with Gasteiger partial charge in [0.15, 0.2) is 0 Å². The summed E-state index contributed by atoms with van der Waals surface area (Å²) in [5.74, 6) is 0.889. The molecule has 1 rings (SSSR count). The highest BCUT2D eigenvalue weighted by atomic mass is 16.5. The molecule has 0 aliphatic rings. The number of nitrogens with one attached hydrogen (secondary N) is 1. The largest absolute Gasteiger partial charge is 0.491 e. The van der Waals surface area contributed by atoms with Crippen LogP contribution in [0, 0.1) is 5.92 Å². The zero-order chi connectivity index (χ0) is 14.1. The molecule has 0 spiro atoms. The molecule has 1 atom stereocenters. The van der Waals surface area contributed by atoms with E-state index in [-0.39, 0.29) is 5.91 Å². The molecule has 106 valence electrons. The predicted octanol–water partition coefficient (Wildman–Crippen LogP) is 1.44. The fourth-order valence-corrected chi connectivity index (χ4v) is 1.59. The van der Waals surface area contributed by atoms with E-state index in [1.807, 2.05) is 19.1 Å². The zero-order valence-electron chi connectivity index (χ0n) is 11.5. The van der Waals surface area contributed by atoms with Crippen molar-refractivity contribution in [3.8, 4) is 5.75 Å². The maximum Gasteiger partial charge on any atom is 0.223 e. The van der Waals surface area contributed by atoms with Gasteiger partial charge in [0.1, 0.15) is 5.75 Å². The molecule has 1 aromatic carbocycles. The van der Waals surface area contributed by atoms with Crippen LogP contribution in [-0.2, 0) is 9.53 Å². The molecule has 0 fully saturated rings. The van der Waals surface area contributed by atoms with Gasteiger partial charge in [0.2, 0.25) is 5.91 Å². The van der Waals surface area contributed by atoms with Crippen molar-refractivity contribution in [3.63, 3.8) is 0 Å². The van der Waals surface area contributed by atoms with Gasteiger partial charge in [0, 0.05) is 13.7 Å². The Kier molecular flexibility index (Phi) is 6.74. The fourth-order valence-electron chi connectivity index (χ4n) is 1.59. The van der Waals surface area contributed by atoms with Gasteiger partial charge in [-0.3, -0.25) is 4.79 Å². The summed E-state index contributed by atoms with van der Waals surface area (Å²) in [6.45, 7) is 3.58. The van der Waals surface area contributed by atoms with Crippen LogP contribution in [0.1, 0.15) is 13.3 Å². The van der Waals surface area contributed by atoms with E-state index in [0.29, 0.717) is 43.5 Å². The van der Waals surface area contributed by atoms with Gasteiger partial charge in [-0.2, -0.15) is 0 Å². The summed E-state index contributed by atoms with van der Waals surface area (Å²) >= 11 is 0. The third kappa shape index (κ3) is 6.10. The molecular formula is C14H22N2O3. The number of nitrogen functional groups attached to an aromatic ring is 1. The lowest BCUT2D eigenvalue weighted by Gasteiger charge is -2.12. The van der Waals surface area contributed by atoms with Crippen LogP contribution >= 0.6 is 0 Å². The Bertz CT molecular complexity index is 396. The number of para-hydroxylation sites is 2. The van der Waals surface area contributed by atoms with Gasteiger partial charge < -0.3 is 20.5 Å². The van der Waals surface area contributed by atoms with E-state index in [1.54, 1.807) is 19.2 Å². The number of nitrogens with two attached hydrogens (primary N) is 1. The maximum atomic E-state index is 11.6. The molecule has 1 unspecified atom stereocenters. The van der Waals surface area contributed by atoms with Crippen molar-refractivity contribution in [1.82, 2.24) is 5.32 Å². The number of carbonyl (C=O) groups is 1. The Balaban J connectivity index is 2.19. The summed E-state index contributed by atoms with van der Waals surface area (Å²) in [5.41, 5.74) is 6.31. The Morgan fingerprint density at radius 1 is 1.42 bits per heavy atom. The summed E-state index contributed by atoms with van der Waals surface area (Å²) in [6.07, 6.45) is 0.314. The number of methoxy groups -OCH3 is 1. The maximum absolute atomic E-state index is 11.6. The first-order valence-electron chi connectivity index (χ1n) is 6.36. The average Bonchev–Trinajstić information content (AvgIpc) is 2.39. The van der Waals surface area contributed by atoms with E-state index in [2.05, 4.69) is 5.32 Å². The van der Waals surface area contributed by atoms with Crippen LogP contribution < -0.4 is 15.8 Å². The lowest BCUT2D eigenvalue weighted by atomic mass is 10.2. The van der Waals surface area contributed by atoms with E-state index >= 15 is 0 Å². The number of rotatable bonds is 8. The molecule has 0 saturated carbocycles. The van der Waals surface area contributed by atoms with Crippen molar-refractivity contribution in [2.75, 3.05) is 32.6 Å². The first-order chi connectivity index (χ1) is 9.13. The summed E-state index contributed by atoms with van der Waals surface area (Å²) < 4.78 is 10.4. The minimum absolute atomic E-state index is 0.0301. The molecule has 0 radical (unpaired) electrons. The van der Waals surface area contributed by atoms with Crippen LogP contribution in [0.4, 0.5) is 5.69 Å². The van der Waals surface area contributed by atoms with Crippen LogP contribution in [0.3, 0.4) is 0 Å². The van der Waals surface area contributed by atoms with Crippen LogP contribution in [0.25, 0.3) is 0 Å². The molecular weight excluding hydrogens is 244 g/mol. The number of ether oxygens (including phenoxy) is 2. The first-order valence-corrected chi connectivity index (χ1v) is 6.36. The molecule has 1 aromatic rings. The number of benzene rings is 1. The molecule has 5 heteroatoms. The van der Waals surface area contributed by atoms with Gasteiger partial charge in [-0.05, 0) is 18.1 Å². The number of amides is 1. The molecule has 0 aliphatic carbocycles. The molecule has 0 heterocycles. The quantitative estimate of drug-likeness (QED) is 0.698. The highest BCUT2D eigenvalue weighted by Crippen LogP contribution is 2.19. The number of carbonyl (C=O) groups excluding carboxylic acids is 1. The normalized spacial score (nSPS) is 11.9. The van der Waals surface area contributed by atoms with E-state index in [1.165, 1.54) is 0 Å². The highest BCUT2D eigenvalue weighted by Gasteiger charge is 2.06. The van der Waals surface area contributed by atoms with Gasteiger partial charge in [0.05, 0.1) is 25.3 Å². The van der Waals surface area contributed by atoms with Crippen LogP contribution in [0.5, 0.6) is 5.75 Å². The SMILES string of the molecule is COCC(C)CNC(=O)CCOc1ccccc1N. The Labute approximate surface area is 114 Å². The van der Waals surface area contributed by atoms with E-state index in [9.17, 15) is 4.79 Å². The van der Waals surface area contributed by atoms with E-state index in [4.69, 9.17) is 15.2 Å². The number of hydrogen-bond acceptors (Lipinski definition) is 4. The lowest BCUT2D eigenvalue weighted by Crippen LogP contribution is -2.30. The topological polar surface area (TPSA) is 73.6 Å². The van der Waals surface area contributed by atoms with Crippen LogP contribution in [0.15, 0.2) is 24.3 Å². The van der Waals surface area contributed by atoms with Gasteiger partial charge in [-0.25, -0.2) is 0 Å². The summed E-state index contributed by atoms with van der Waals surface area (Å²) in [7, 11) is 1.65. The number of anilines is 1. The van der Waals surface area contributed by atoms with Gasteiger partial charge in [-0.1, -0.05) is 19.1 Å². The predicted molar refractivity (Wildman–Crippen MR) is 75.0 cm³/mol. The van der Waals surface area contributed by atoms with Gasteiger partial charge >= 0.3 is 0 Å². The van der Waals surface area contributed by atoms with Crippen molar-refractivity contribution in [2.45, 2.75) is 13.3 Å². The van der Waals surface area contributed by atoms with Crippen molar-refractivity contribution in [1.29, 1.82) is 0 Å². The Morgan fingerprint density at radius 3 is 2.84 bits per heavy atom. The summed E-state index contributed by atoms with van der Waals surface area (Å²) in [5, 5.41) is 2.84. The second kappa shape index (κ2) is 8.37. The molecule has 19 heavy (non-hydrogen) atoms. The zero-order valence-corrected chi connectivity index (χ0v) is 11.5. The minimum Gasteiger partial charge on any atom is -0.491 e. The molecule has 0 aliphatic heterocycles. The fraction of sp³-hybridized carbons (Fsp3) is 0.500. The van der Waals surface area contributed by atoms with Crippen molar-refractivity contribution in [3.05, 3.63) is 24.3 Å². The van der Waals surface area contributed by atoms with E-state index < -0.39 is 0 Å². The summed E-state index contributed by atoms with van der Waals surface area (Å²) in [4.78, 5) is 11.6. The highest BCUT2D eigenvalue weighted by molar-refractivity contribution is 5.76. The second-order valence-electron chi connectivity index (χ2n) is 4.50. The van der Waals surface area contributed by atoms with Gasteiger partial charge in [-0.15, -0.1) is 0 Å². The number of hydrogen-bond donors (Lipinski definition) is 2. The summed E-state index contributed by atoms with van der Waals surface area (Å²) in [6, 6.07) is 7.24. The average molecular weight is 266 g/mol. The second-order valence-corrected chi connectivity index (χ2v) is 4.50. The monoisotopic (exact) mass is 266 g/mol. The molecule has 0 bridgehead atoms. The molecule has 5 nitrogen and oxygen atoms in total. The van der Waals surface area contributed by atoms with Crippen LogP contribution in [0.2, 0.25) is 0 Å². The minimum atomic E-state index is -0.0301. The van der Waals surface area contributed by atoms with Crippen molar-refractivity contribution >= 4 is 11.6 Å². The smallest absolute Gasteiger partial charge is 0.223 e. The molecule has 0 saturated heterocycles. The van der Waals surface area contributed by atoms with E-state index in [0.717, 1.165) is 0 Å².